The predicted octanol–water partition coefficient (Wildman–Crippen LogP) is 4.95. The number of nitrogens with zero attached hydrogens (tertiary/aromatic N) is 1. The van der Waals surface area contributed by atoms with Gasteiger partial charge in [0, 0.05) is 11.1 Å². The Morgan fingerprint density at radius 3 is 2.47 bits per heavy atom. The number of rotatable bonds is 3. The second-order valence-corrected chi connectivity index (χ2v) is 12.8. The molecule has 4 aliphatic carbocycles. The lowest BCUT2D eigenvalue weighted by atomic mass is 9.48. The Balaban J connectivity index is 1.38. The highest BCUT2D eigenvalue weighted by atomic mass is 32.2. The van der Waals surface area contributed by atoms with Crippen LogP contribution in [0, 0.1) is 35.5 Å². The zero-order valence-electron chi connectivity index (χ0n) is 19.5. The van der Waals surface area contributed by atoms with Crippen LogP contribution < -0.4 is 4.83 Å². The van der Waals surface area contributed by atoms with Gasteiger partial charge in [0.05, 0.1) is 11.0 Å². The largest absolute Gasteiger partial charge is 0.393 e. The molecule has 174 valence electrons. The van der Waals surface area contributed by atoms with E-state index in [1.165, 1.54) is 5.57 Å². The first-order chi connectivity index (χ1) is 15.1. The molecule has 5 nitrogen and oxygen atoms in total. The summed E-state index contributed by atoms with van der Waals surface area (Å²) in [5.74, 6) is 1.83. The van der Waals surface area contributed by atoms with Gasteiger partial charge < -0.3 is 5.11 Å². The van der Waals surface area contributed by atoms with Crippen LogP contribution in [0.3, 0.4) is 0 Å². The second kappa shape index (κ2) is 7.69. The van der Waals surface area contributed by atoms with E-state index in [-0.39, 0.29) is 21.8 Å². The van der Waals surface area contributed by atoms with Gasteiger partial charge in [0.25, 0.3) is 10.0 Å². The van der Waals surface area contributed by atoms with Crippen molar-refractivity contribution in [2.45, 2.75) is 83.1 Å². The number of nitrogens with one attached hydrogen (secondary N) is 1. The van der Waals surface area contributed by atoms with E-state index in [4.69, 9.17) is 0 Å². The van der Waals surface area contributed by atoms with Gasteiger partial charge in [-0.3, -0.25) is 0 Å². The Morgan fingerprint density at radius 1 is 1.03 bits per heavy atom. The SMILES string of the molecule is Cc1ccc(S(=O)(=O)NN=C2CCC3C4CC=C5CC(O)CC[C@]5(C)C4CC[C@]23C)cc1. The number of allylic oxidation sites excluding steroid dienone is 1. The smallest absolute Gasteiger partial charge is 0.276 e. The molecule has 0 saturated heterocycles. The first-order valence-electron chi connectivity index (χ1n) is 12.2. The zero-order chi connectivity index (χ0) is 22.7. The lowest BCUT2D eigenvalue weighted by molar-refractivity contribution is -0.0209. The minimum Gasteiger partial charge on any atom is -0.393 e. The fourth-order valence-corrected chi connectivity index (χ4v) is 8.33. The van der Waals surface area contributed by atoms with E-state index in [1.54, 1.807) is 12.1 Å². The first kappa shape index (κ1) is 22.1. The molecule has 0 radical (unpaired) electrons. The summed E-state index contributed by atoms with van der Waals surface area (Å²) >= 11 is 0. The molecule has 3 saturated carbocycles. The van der Waals surface area contributed by atoms with Gasteiger partial charge in [-0.05, 0) is 93.6 Å². The van der Waals surface area contributed by atoms with Crippen LogP contribution in [0.5, 0.6) is 0 Å². The van der Waals surface area contributed by atoms with Crippen LogP contribution in [0.25, 0.3) is 0 Å². The van der Waals surface area contributed by atoms with Gasteiger partial charge in [-0.1, -0.05) is 43.2 Å². The van der Waals surface area contributed by atoms with Gasteiger partial charge in [0.2, 0.25) is 0 Å². The van der Waals surface area contributed by atoms with E-state index >= 15 is 0 Å². The number of sulfonamides is 1. The molecule has 1 aromatic carbocycles. The molecule has 0 bridgehead atoms. The van der Waals surface area contributed by atoms with Crippen molar-refractivity contribution in [1.82, 2.24) is 4.83 Å². The first-order valence-corrected chi connectivity index (χ1v) is 13.6. The number of hydrogen-bond acceptors (Lipinski definition) is 4. The van der Waals surface area contributed by atoms with Crippen LogP contribution >= 0.6 is 0 Å². The normalized spacial score (nSPS) is 40.2. The van der Waals surface area contributed by atoms with E-state index < -0.39 is 10.0 Å². The third kappa shape index (κ3) is 3.45. The summed E-state index contributed by atoms with van der Waals surface area (Å²) in [5, 5.41) is 14.7. The third-order valence-corrected chi connectivity index (χ3v) is 10.7. The summed E-state index contributed by atoms with van der Waals surface area (Å²) in [6.45, 7) is 6.69. The molecule has 4 unspecified atom stereocenters. The number of hydrazone groups is 1. The molecule has 6 atom stereocenters. The average molecular weight is 457 g/mol. The summed E-state index contributed by atoms with van der Waals surface area (Å²) < 4.78 is 25.5. The topological polar surface area (TPSA) is 78.8 Å². The van der Waals surface area contributed by atoms with Crippen molar-refractivity contribution < 1.29 is 13.5 Å². The number of benzene rings is 1. The summed E-state index contributed by atoms with van der Waals surface area (Å²) in [6.07, 6.45) is 10.4. The molecule has 3 fully saturated rings. The Labute approximate surface area is 192 Å². The number of hydrogen-bond donors (Lipinski definition) is 2. The van der Waals surface area contributed by atoms with Crippen molar-refractivity contribution in [3.63, 3.8) is 0 Å². The molecule has 32 heavy (non-hydrogen) atoms. The fraction of sp³-hybridized carbons (Fsp3) is 0.654. The minimum absolute atomic E-state index is 0.0349. The zero-order valence-corrected chi connectivity index (χ0v) is 20.3. The van der Waals surface area contributed by atoms with Crippen LogP contribution in [0.15, 0.2) is 45.9 Å². The maximum Gasteiger partial charge on any atom is 0.276 e. The van der Waals surface area contributed by atoms with Crippen molar-refractivity contribution >= 4 is 15.7 Å². The highest BCUT2D eigenvalue weighted by Gasteiger charge is 2.57. The van der Waals surface area contributed by atoms with Crippen LogP contribution in [-0.4, -0.2) is 25.3 Å². The minimum atomic E-state index is -3.65. The van der Waals surface area contributed by atoms with Crippen molar-refractivity contribution in [2.75, 3.05) is 0 Å². The second-order valence-electron chi connectivity index (χ2n) is 11.1. The monoisotopic (exact) mass is 456 g/mol. The number of aryl methyl sites for hydroxylation is 1. The van der Waals surface area contributed by atoms with Crippen molar-refractivity contribution in [3.05, 3.63) is 41.5 Å². The summed E-state index contributed by atoms with van der Waals surface area (Å²) in [6, 6.07) is 6.89. The molecule has 0 aliphatic heterocycles. The predicted molar refractivity (Wildman–Crippen MR) is 127 cm³/mol. The number of aliphatic hydroxyl groups is 1. The van der Waals surface area contributed by atoms with E-state index in [2.05, 4.69) is 29.9 Å². The van der Waals surface area contributed by atoms with Crippen LogP contribution in [-0.2, 0) is 10.0 Å². The molecule has 0 amide bonds. The summed E-state index contributed by atoms with van der Waals surface area (Å²) in [5.41, 5.74) is 3.72. The molecular weight excluding hydrogens is 420 g/mol. The van der Waals surface area contributed by atoms with Crippen LogP contribution in [0.2, 0.25) is 0 Å². The van der Waals surface area contributed by atoms with Gasteiger partial charge in [-0.25, -0.2) is 4.83 Å². The van der Waals surface area contributed by atoms with E-state index in [0.29, 0.717) is 17.8 Å². The molecule has 0 spiro atoms. The van der Waals surface area contributed by atoms with Crippen LogP contribution in [0.1, 0.15) is 70.8 Å². The third-order valence-electron chi connectivity index (χ3n) is 9.45. The summed E-state index contributed by atoms with van der Waals surface area (Å²) in [7, 11) is -3.65. The standard InChI is InChI=1S/C26H36N2O3S/c1-17-4-7-20(8-5-17)32(30,31)28-27-24-11-10-22-21-9-6-18-16-19(29)12-14-25(18,2)23(21)13-15-26(22,24)3/h4-8,19,21-23,28-29H,9-16H2,1-3H3/t19?,21?,22?,23?,25-,26-/m0/s1. The molecule has 0 aromatic heterocycles. The highest BCUT2D eigenvalue weighted by molar-refractivity contribution is 7.89. The van der Waals surface area contributed by atoms with Gasteiger partial charge in [-0.2, -0.15) is 13.5 Å². The lowest BCUT2D eigenvalue weighted by Crippen LogP contribution is -2.50. The number of aliphatic hydroxyl groups excluding tert-OH is 1. The number of fused-ring (bicyclic) bond motifs is 5. The van der Waals surface area contributed by atoms with Crippen molar-refractivity contribution in [1.29, 1.82) is 0 Å². The van der Waals surface area contributed by atoms with Crippen molar-refractivity contribution in [2.24, 2.45) is 33.7 Å². The van der Waals surface area contributed by atoms with E-state index in [1.807, 2.05) is 19.1 Å². The Bertz CT molecular complexity index is 1060. The van der Waals surface area contributed by atoms with Crippen LogP contribution in [0.4, 0.5) is 0 Å². The van der Waals surface area contributed by atoms with Gasteiger partial charge in [0.15, 0.2) is 0 Å². The Morgan fingerprint density at radius 2 is 1.72 bits per heavy atom. The Kier molecular flexibility index (Phi) is 5.33. The van der Waals surface area contributed by atoms with E-state index in [0.717, 1.165) is 62.6 Å². The lowest BCUT2D eigenvalue weighted by Gasteiger charge is -2.57. The molecule has 5 rings (SSSR count). The maximum atomic E-state index is 12.8. The van der Waals surface area contributed by atoms with Gasteiger partial charge in [0.1, 0.15) is 0 Å². The van der Waals surface area contributed by atoms with Gasteiger partial charge >= 0.3 is 0 Å². The molecular formula is C26H36N2O3S. The molecule has 6 heteroatoms. The van der Waals surface area contributed by atoms with E-state index in [9.17, 15) is 13.5 Å². The molecule has 1 aromatic rings. The molecule has 0 heterocycles. The molecule has 2 N–H and O–H groups in total. The molecule has 4 aliphatic rings. The van der Waals surface area contributed by atoms with Crippen molar-refractivity contribution in [3.8, 4) is 0 Å². The maximum absolute atomic E-state index is 12.8. The highest BCUT2D eigenvalue weighted by Crippen LogP contribution is 2.64. The Hall–Kier alpha value is -1.66. The fourth-order valence-electron chi connectivity index (χ4n) is 7.50. The average Bonchev–Trinajstić information content (AvgIpc) is 3.09. The summed E-state index contributed by atoms with van der Waals surface area (Å²) in [4.78, 5) is 2.80. The van der Waals surface area contributed by atoms with Gasteiger partial charge in [-0.15, -0.1) is 0 Å². The quantitative estimate of drug-likeness (QED) is 0.499.